The highest BCUT2D eigenvalue weighted by atomic mass is 16.6. The summed E-state index contributed by atoms with van der Waals surface area (Å²) in [6.07, 6.45) is 77.2. The number of unbranched alkanes of at least 4 members (excludes halogenated alkanes) is 29. The number of esters is 3. The van der Waals surface area contributed by atoms with Crippen molar-refractivity contribution >= 4 is 17.9 Å². The molecule has 0 aliphatic heterocycles. The van der Waals surface area contributed by atoms with Crippen LogP contribution in [0.15, 0.2) is 85.1 Å². The average Bonchev–Trinajstić information content (AvgIpc) is 3.37. The van der Waals surface area contributed by atoms with E-state index in [0.29, 0.717) is 19.3 Å². The van der Waals surface area contributed by atoms with E-state index in [-0.39, 0.29) is 31.1 Å². The molecule has 6 nitrogen and oxygen atoms in total. The van der Waals surface area contributed by atoms with Gasteiger partial charge in [0.25, 0.3) is 0 Å². The summed E-state index contributed by atoms with van der Waals surface area (Å²) < 4.78 is 16.9. The molecule has 0 heterocycles. The van der Waals surface area contributed by atoms with Gasteiger partial charge in [0.1, 0.15) is 13.2 Å². The quantitative estimate of drug-likeness (QED) is 0.0261. The van der Waals surface area contributed by atoms with Crippen LogP contribution < -0.4 is 0 Å². The number of rotatable bonds is 54. The average molecular weight is 990 g/mol. The van der Waals surface area contributed by atoms with Gasteiger partial charge in [-0.1, -0.05) is 247 Å². The van der Waals surface area contributed by atoms with Gasteiger partial charge in [0.15, 0.2) is 6.10 Å². The predicted molar refractivity (Wildman–Crippen MR) is 307 cm³/mol. The first-order valence-corrected chi connectivity index (χ1v) is 30.1. The molecule has 0 aromatic rings. The van der Waals surface area contributed by atoms with E-state index in [2.05, 4.69) is 106 Å². The van der Waals surface area contributed by atoms with Crippen molar-refractivity contribution in [2.24, 2.45) is 0 Å². The van der Waals surface area contributed by atoms with Crippen molar-refractivity contribution in [2.75, 3.05) is 13.2 Å². The number of carbonyl (C=O) groups excluding carboxylic acids is 3. The highest BCUT2D eigenvalue weighted by molar-refractivity contribution is 5.71. The fourth-order valence-corrected chi connectivity index (χ4v) is 8.35. The highest BCUT2D eigenvalue weighted by Gasteiger charge is 2.19. The number of carbonyl (C=O) groups is 3. The van der Waals surface area contributed by atoms with Crippen LogP contribution in [0.25, 0.3) is 0 Å². The summed E-state index contributed by atoms with van der Waals surface area (Å²) in [4.78, 5) is 38.2. The molecule has 6 heteroatoms. The normalized spacial score (nSPS) is 12.7. The van der Waals surface area contributed by atoms with Gasteiger partial charge in [0, 0.05) is 19.3 Å². The van der Waals surface area contributed by atoms with Gasteiger partial charge in [0.2, 0.25) is 0 Å². The van der Waals surface area contributed by atoms with E-state index in [0.717, 1.165) is 116 Å². The van der Waals surface area contributed by atoms with Crippen molar-refractivity contribution < 1.29 is 28.6 Å². The Morgan fingerprint density at radius 1 is 0.296 bits per heavy atom. The first kappa shape index (κ1) is 67.6. The number of allylic oxidation sites excluding steroid dienone is 14. The molecule has 0 fully saturated rings. The van der Waals surface area contributed by atoms with Crippen molar-refractivity contribution in [1.29, 1.82) is 0 Å². The van der Waals surface area contributed by atoms with Crippen LogP contribution in [-0.2, 0) is 28.6 Å². The summed E-state index contributed by atoms with van der Waals surface area (Å²) in [7, 11) is 0. The van der Waals surface area contributed by atoms with Gasteiger partial charge >= 0.3 is 17.9 Å². The van der Waals surface area contributed by atoms with E-state index in [4.69, 9.17) is 14.2 Å². The summed E-state index contributed by atoms with van der Waals surface area (Å²) in [6, 6.07) is 0. The van der Waals surface area contributed by atoms with Crippen LogP contribution in [0, 0.1) is 0 Å². The molecular weight excluding hydrogens is 877 g/mol. The monoisotopic (exact) mass is 989 g/mol. The SMILES string of the molecule is CC/C=C\C/C=C\C/C=C\C/C=C\CCCCCCCCCCCCC(=O)OCC(COC(=O)CCCCCCC/C=C\C/C=C\CCC)OC(=O)CCCCCCCCC/C=C\CCCCCCCC. The van der Waals surface area contributed by atoms with Crippen LogP contribution in [0.3, 0.4) is 0 Å². The molecule has 0 aromatic heterocycles. The molecule has 0 saturated carbocycles. The standard InChI is InChI=1S/C65H112O6/c1-4-7-10-13-16-19-22-25-27-29-30-31-32-33-34-36-37-40-43-46-49-52-55-58-64(67)70-61-62(60-69-63(66)57-54-51-48-45-42-39-24-21-18-15-12-9-6-3)71-65(68)59-56-53-50-47-44-41-38-35-28-26-23-20-17-14-11-8-5-2/h7,10,12,15-16,19,21,24-28,30-31,62H,4-6,8-9,11,13-14,17-18,20,22-23,29,32-61H2,1-3H3/b10-7-,15-12-,19-16-,24-21-,27-25-,28-26-,31-30-. The Balaban J connectivity index is 4.34. The van der Waals surface area contributed by atoms with Gasteiger partial charge < -0.3 is 14.2 Å². The van der Waals surface area contributed by atoms with E-state index < -0.39 is 6.10 Å². The Labute approximate surface area is 439 Å². The zero-order valence-electron chi connectivity index (χ0n) is 46.7. The van der Waals surface area contributed by atoms with Crippen LogP contribution in [0.2, 0.25) is 0 Å². The third-order valence-electron chi connectivity index (χ3n) is 12.8. The van der Waals surface area contributed by atoms with Crippen LogP contribution in [0.1, 0.15) is 290 Å². The summed E-state index contributed by atoms with van der Waals surface area (Å²) in [5.74, 6) is -0.899. The minimum atomic E-state index is -0.787. The second-order valence-corrected chi connectivity index (χ2v) is 19.9. The summed E-state index contributed by atoms with van der Waals surface area (Å²) in [6.45, 7) is 6.46. The van der Waals surface area contributed by atoms with E-state index in [1.165, 1.54) is 135 Å². The molecule has 0 N–H and O–H groups in total. The molecule has 71 heavy (non-hydrogen) atoms. The Hall–Kier alpha value is -3.41. The molecule has 1 unspecified atom stereocenters. The molecule has 0 aliphatic rings. The highest BCUT2D eigenvalue weighted by Crippen LogP contribution is 2.15. The van der Waals surface area contributed by atoms with Crippen molar-refractivity contribution in [3.8, 4) is 0 Å². The minimum absolute atomic E-state index is 0.0843. The zero-order valence-corrected chi connectivity index (χ0v) is 46.7. The van der Waals surface area contributed by atoms with Crippen LogP contribution >= 0.6 is 0 Å². The van der Waals surface area contributed by atoms with Crippen LogP contribution in [0.4, 0.5) is 0 Å². The van der Waals surface area contributed by atoms with Crippen molar-refractivity contribution in [3.63, 3.8) is 0 Å². The second-order valence-electron chi connectivity index (χ2n) is 19.9. The molecule has 0 aliphatic carbocycles. The second kappa shape index (κ2) is 59.2. The number of ether oxygens (including phenoxy) is 3. The van der Waals surface area contributed by atoms with Gasteiger partial charge in [-0.2, -0.15) is 0 Å². The third-order valence-corrected chi connectivity index (χ3v) is 12.8. The fourth-order valence-electron chi connectivity index (χ4n) is 8.35. The van der Waals surface area contributed by atoms with Crippen molar-refractivity contribution in [2.45, 2.75) is 297 Å². The lowest BCUT2D eigenvalue weighted by Gasteiger charge is -2.18. The van der Waals surface area contributed by atoms with E-state index in [1.807, 2.05) is 0 Å². The third kappa shape index (κ3) is 57.4. The Kier molecular flexibility index (Phi) is 56.3. The first-order chi connectivity index (χ1) is 35.0. The number of hydrogen-bond acceptors (Lipinski definition) is 6. The summed E-state index contributed by atoms with van der Waals surface area (Å²) >= 11 is 0. The van der Waals surface area contributed by atoms with Crippen LogP contribution in [-0.4, -0.2) is 37.2 Å². The molecule has 0 spiro atoms. The zero-order chi connectivity index (χ0) is 51.4. The lowest BCUT2D eigenvalue weighted by atomic mass is 10.1. The molecule has 0 amide bonds. The maximum atomic E-state index is 12.9. The molecule has 1 atom stereocenters. The van der Waals surface area contributed by atoms with Gasteiger partial charge in [-0.25, -0.2) is 0 Å². The fraction of sp³-hybridized carbons (Fsp3) is 0.738. The molecule has 0 rings (SSSR count). The predicted octanol–water partition coefficient (Wildman–Crippen LogP) is 20.3. The molecule has 0 radical (unpaired) electrons. The molecule has 408 valence electrons. The maximum absolute atomic E-state index is 12.9. The summed E-state index contributed by atoms with van der Waals surface area (Å²) in [5, 5.41) is 0. The van der Waals surface area contributed by atoms with E-state index in [1.54, 1.807) is 0 Å². The number of hydrogen-bond donors (Lipinski definition) is 0. The lowest BCUT2D eigenvalue weighted by Crippen LogP contribution is -2.30. The minimum Gasteiger partial charge on any atom is -0.462 e. The van der Waals surface area contributed by atoms with E-state index >= 15 is 0 Å². The molecule has 0 aromatic carbocycles. The van der Waals surface area contributed by atoms with Gasteiger partial charge in [0.05, 0.1) is 0 Å². The molecule has 0 bridgehead atoms. The topological polar surface area (TPSA) is 78.9 Å². The smallest absolute Gasteiger partial charge is 0.306 e. The largest absolute Gasteiger partial charge is 0.462 e. The summed E-state index contributed by atoms with van der Waals surface area (Å²) in [5.41, 5.74) is 0. The Morgan fingerprint density at radius 2 is 0.577 bits per heavy atom. The lowest BCUT2D eigenvalue weighted by molar-refractivity contribution is -0.167. The maximum Gasteiger partial charge on any atom is 0.306 e. The Bertz CT molecular complexity index is 1370. The first-order valence-electron chi connectivity index (χ1n) is 30.1. The van der Waals surface area contributed by atoms with E-state index in [9.17, 15) is 14.4 Å². The van der Waals surface area contributed by atoms with Crippen molar-refractivity contribution in [3.05, 3.63) is 85.1 Å². The Morgan fingerprint density at radius 3 is 0.930 bits per heavy atom. The van der Waals surface area contributed by atoms with Crippen molar-refractivity contribution in [1.82, 2.24) is 0 Å². The van der Waals surface area contributed by atoms with Gasteiger partial charge in [-0.15, -0.1) is 0 Å². The molecule has 0 saturated heterocycles. The van der Waals surface area contributed by atoms with Crippen LogP contribution in [0.5, 0.6) is 0 Å². The molecular formula is C65H112O6. The van der Waals surface area contributed by atoms with Gasteiger partial charge in [-0.05, 0) is 109 Å². The van der Waals surface area contributed by atoms with Gasteiger partial charge in [-0.3, -0.25) is 14.4 Å².